The fourth-order valence-electron chi connectivity index (χ4n) is 0.608. The summed E-state index contributed by atoms with van der Waals surface area (Å²) in [4.78, 5) is 0. The number of unbranched alkanes of at least 4 members (excludes halogenated alkanes) is 1. The Hall–Kier alpha value is -0.540. The van der Waals surface area contributed by atoms with E-state index in [1.165, 1.54) is 6.26 Å². The van der Waals surface area contributed by atoms with Gasteiger partial charge in [0.2, 0.25) is 0 Å². The van der Waals surface area contributed by atoms with Crippen molar-refractivity contribution in [3.8, 4) is 0 Å². The molecule has 0 aromatic carbocycles. The molecule has 0 fully saturated rings. The molecule has 0 heterocycles. The predicted octanol–water partition coefficient (Wildman–Crippen LogP) is 0.936. The Balaban J connectivity index is 2.74. The van der Waals surface area contributed by atoms with Gasteiger partial charge in [0, 0.05) is 13.2 Å². The minimum absolute atomic E-state index is 0.243. The first-order valence-corrected chi connectivity index (χ1v) is 3.83. The van der Waals surface area contributed by atoms with E-state index in [-0.39, 0.29) is 6.61 Å². The average Bonchev–Trinajstić information content (AvgIpc) is 2.03. The standard InChI is InChI=1S/C8H16O3/c1-2-10-7-8-11-6-4-3-5-9/h2,9H,1,3-8H2. The first kappa shape index (κ1) is 10.5. The van der Waals surface area contributed by atoms with Crippen molar-refractivity contribution in [1.29, 1.82) is 0 Å². The van der Waals surface area contributed by atoms with Crippen molar-refractivity contribution >= 4 is 0 Å². The number of aliphatic hydroxyl groups is 1. The number of hydrogen-bond acceptors (Lipinski definition) is 3. The predicted molar refractivity (Wildman–Crippen MR) is 43.3 cm³/mol. The summed E-state index contributed by atoms with van der Waals surface area (Å²) in [6, 6.07) is 0. The lowest BCUT2D eigenvalue weighted by molar-refractivity contribution is 0.0805. The number of aliphatic hydroxyl groups excluding tert-OH is 1. The lowest BCUT2D eigenvalue weighted by Crippen LogP contribution is -2.02. The molecule has 3 nitrogen and oxygen atoms in total. The number of rotatable bonds is 8. The number of hydrogen-bond donors (Lipinski definition) is 1. The van der Waals surface area contributed by atoms with Crippen molar-refractivity contribution in [2.75, 3.05) is 26.4 Å². The molecule has 0 radical (unpaired) electrons. The van der Waals surface area contributed by atoms with E-state index in [1.54, 1.807) is 0 Å². The van der Waals surface area contributed by atoms with E-state index in [9.17, 15) is 0 Å². The van der Waals surface area contributed by atoms with Gasteiger partial charge in [0.1, 0.15) is 6.61 Å². The van der Waals surface area contributed by atoms with Crippen LogP contribution in [-0.4, -0.2) is 31.5 Å². The van der Waals surface area contributed by atoms with Crippen molar-refractivity contribution in [3.05, 3.63) is 12.8 Å². The highest BCUT2D eigenvalue weighted by Gasteiger charge is 1.87. The van der Waals surface area contributed by atoms with Crippen molar-refractivity contribution in [3.63, 3.8) is 0 Å². The van der Waals surface area contributed by atoms with E-state index >= 15 is 0 Å². The molecule has 0 atom stereocenters. The summed E-state index contributed by atoms with van der Waals surface area (Å²) in [6.45, 7) is 5.49. The highest BCUT2D eigenvalue weighted by atomic mass is 16.5. The first-order chi connectivity index (χ1) is 5.41. The summed E-state index contributed by atoms with van der Waals surface area (Å²) in [5.74, 6) is 0. The van der Waals surface area contributed by atoms with Gasteiger partial charge in [0.25, 0.3) is 0 Å². The van der Waals surface area contributed by atoms with E-state index < -0.39 is 0 Å². The van der Waals surface area contributed by atoms with Crippen LogP contribution in [0.3, 0.4) is 0 Å². The normalized spacial score (nSPS) is 9.55. The quantitative estimate of drug-likeness (QED) is 0.424. The lowest BCUT2D eigenvalue weighted by Gasteiger charge is -2.02. The minimum atomic E-state index is 0.243. The molecule has 3 heteroatoms. The van der Waals surface area contributed by atoms with E-state index in [2.05, 4.69) is 6.58 Å². The SMILES string of the molecule is C=COCCOCCCCO. The summed E-state index contributed by atoms with van der Waals surface area (Å²) >= 11 is 0. The zero-order valence-electron chi connectivity index (χ0n) is 6.79. The largest absolute Gasteiger partial charge is 0.499 e. The molecule has 0 aliphatic heterocycles. The third-order valence-electron chi connectivity index (χ3n) is 1.16. The van der Waals surface area contributed by atoms with Crippen LogP contribution in [-0.2, 0) is 9.47 Å². The maximum absolute atomic E-state index is 8.41. The second-order valence-corrected chi connectivity index (χ2v) is 2.08. The summed E-state index contributed by atoms with van der Waals surface area (Å²) in [5, 5.41) is 8.41. The molecular weight excluding hydrogens is 144 g/mol. The molecule has 0 aromatic rings. The minimum Gasteiger partial charge on any atom is -0.499 e. The molecule has 0 saturated heterocycles. The lowest BCUT2D eigenvalue weighted by atomic mass is 10.3. The maximum atomic E-state index is 8.41. The van der Waals surface area contributed by atoms with Gasteiger partial charge in [-0.2, -0.15) is 0 Å². The second-order valence-electron chi connectivity index (χ2n) is 2.08. The van der Waals surface area contributed by atoms with Gasteiger partial charge < -0.3 is 14.6 Å². The highest BCUT2D eigenvalue weighted by Crippen LogP contribution is 1.88. The van der Waals surface area contributed by atoms with Crippen molar-refractivity contribution in [2.45, 2.75) is 12.8 Å². The summed E-state index contributed by atoms with van der Waals surface area (Å²) in [5.41, 5.74) is 0. The van der Waals surface area contributed by atoms with Gasteiger partial charge in [-0.1, -0.05) is 6.58 Å². The van der Waals surface area contributed by atoms with Gasteiger partial charge in [-0.25, -0.2) is 0 Å². The van der Waals surface area contributed by atoms with Crippen LogP contribution in [0.1, 0.15) is 12.8 Å². The van der Waals surface area contributed by atoms with Gasteiger partial charge in [0.15, 0.2) is 0 Å². The molecule has 0 aromatic heterocycles. The van der Waals surface area contributed by atoms with Gasteiger partial charge in [0.05, 0.1) is 12.9 Å². The van der Waals surface area contributed by atoms with Crippen LogP contribution in [0.4, 0.5) is 0 Å². The highest BCUT2D eigenvalue weighted by molar-refractivity contribution is 4.47. The van der Waals surface area contributed by atoms with Gasteiger partial charge in [-0.15, -0.1) is 0 Å². The second kappa shape index (κ2) is 9.46. The van der Waals surface area contributed by atoms with Gasteiger partial charge in [-0.05, 0) is 12.8 Å². The molecule has 0 amide bonds. The van der Waals surface area contributed by atoms with Gasteiger partial charge >= 0.3 is 0 Å². The Morgan fingerprint density at radius 3 is 2.64 bits per heavy atom. The van der Waals surface area contributed by atoms with Gasteiger partial charge in [-0.3, -0.25) is 0 Å². The van der Waals surface area contributed by atoms with Crippen LogP contribution in [0.15, 0.2) is 12.8 Å². The summed E-state index contributed by atoms with van der Waals surface area (Å²) in [6.07, 6.45) is 3.12. The third-order valence-corrected chi connectivity index (χ3v) is 1.16. The van der Waals surface area contributed by atoms with Crippen LogP contribution in [0, 0.1) is 0 Å². The number of ether oxygens (including phenoxy) is 2. The van der Waals surface area contributed by atoms with Crippen LogP contribution in [0.25, 0.3) is 0 Å². The van der Waals surface area contributed by atoms with Crippen LogP contribution in [0.2, 0.25) is 0 Å². The zero-order chi connectivity index (χ0) is 8.36. The fourth-order valence-corrected chi connectivity index (χ4v) is 0.608. The molecule has 0 spiro atoms. The summed E-state index contributed by atoms with van der Waals surface area (Å²) in [7, 11) is 0. The van der Waals surface area contributed by atoms with Crippen LogP contribution in [0.5, 0.6) is 0 Å². The Morgan fingerprint density at radius 2 is 2.00 bits per heavy atom. The first-order valence-electron chi connectivity index (χ1n) is 3.83. The molecular formula is C8H16O3. The average molecular weight is 160 g/mol. The van der Waals surface area contributed by atoms with Crippen molar-refractivity contribution in [1.82, 2.24) is 0 Å². The van der Waals surface area contributed by atoms with E-state index in [1.807, 2.05) is 0 Å². The smallest absolute Gasteiger partial charge is 0.111 e. The molecule has 0 bridgehead atoms. The Bertz CT molecular complexity index is 83.4. The molecule has 11 heavy (non-hydrogen) atoms. The Kier molecular flexibility index (Phi) is 9.00. The molecule has 0 aliphatic carbocycles. The summed E-state index contributed by atoms with van der Waals surface area (Å²) < 4.78 is 9.98. The Labute approximate surface area is 67.6 Å². The Morgan fingerprint density at radius 1 is 1.18 bits per heavy atom. The maximum Gasteiger partial charge on any atom is 0.111 e. The fraction of sp³-hybridized carbons (Fsp3) is 0.750. The van der Waals surface area contributed by atoms with Crippen LogP contribution >= 0.6 is 0 Å². The van der Waals surface area contributed by atoms with Crippen molar-refractivity contribution < 1.29 is 14.6 Å². The molecule has 0 unspecified atom stereocenters. The molecule has 1 N–H and O–H groups in total. The van der Waals surface area contributed by atoms with Crippen LogP contribution < -0.4 is 0 Å². The van der Waals surface area contributed by atoms with E-state index in [0.717, 1.165) is 12.8 Å². The molecule has 66 valence electrons. The monoisotopic (exact) mass is 160 g/mol. The van der Waals surface area contributed by atoms with E-state index in [0.29, 0.717) is 19.8 Å². The molecule has 0 rings (SSSR count). The third kappa shape index (κ3) is 9.46. The topological polar surface area (TPSA) is 38.7 Å². The molecule has 0 aliphatic rings. The van der Waals surface area contributed by atoms with E-state index in [4.69, 9.17) is 14.6 Å². The zero-order valence-corrected chi connectivity index (χ0v) is 6.79. The molecule has 0 saturated carbocycles. The van der Waals surface area contributed by atoms with Crippen molar-refractivity contribution in [2.24, 2.45) is 0 Å².